The lowest BCUT2D eigenvalue weighted by atomic mass is 9.99. The van der Waals surface area contributed by atoms with Crippen molar-refractivity contribution in [1.29, 1.82) is 0 Å². The summed E-state index contributed by atoms with van der Waals surface area (Å²) in [7, 11) is 1.89. The van der Waals surface area contributed by atoms with Crippen LogP contribution in [0.1, 0.15) is 28.6 Å². The van der Waals surface area contributed by atoms with Crippen LogP contribution < -0.4 is 11.3 Å². The number of aromatic nitrogens is 3. The van der Waals surface area contributed by atoms with Crippen molar-refractivity contribution in [2.45, 2.75) is 26.3 Å². The zero-order chi connectivity index (χ0) is 13.1. The first-order chi connectivity index (χ1) is 8.60. The molecule has 0 saturated heterocycles. The molecule has 1 aromatic carbocycles. The van der Waals surface area contributed by atoms with E-state index in [9.17, 15) is 0 Å². The van der Waals surface area contributed by atoms with Crippen LogP contribution in [0.25, 0.3) is 0 Å². The van der Waals surface area contributed by atoms with Crippen molar-refractivity contribution in [3.63, 3.8) is 0 Å². The maximum absolute atomic E-state index is 5.66. The van der Waals surface area contributed by atoms with Crippen LogP contribution in [-0.2, 0) is 13.5 Å². The molecule has 96 valence electrons. The Hall–Kier alpha value is -1.72. The highest BCUT2D eigenvalue weighted by atomic mass is 15.3. The van der Waals surface area contributed by atoms with E-state index in [0.29, 0.717) is 0 Å². The quantitative estimate of drug-likeness (QED) is 0.627. The summed E-state index contributed by atoms with van der Waals surface area (Å²) >= 11 is 0. The monoisotopic (exact) mass is 245 g/mol. The molecule has 0 amide bonds. The second-order valence-electron chi connectivity index (χ2n) is 4.64. The van der Waals surface area contributed by atoms with Crippen molar-refractivity contribution < 1.29 is 0 Å². The van der Waals surface area contributed by atoms with Crippen molar-refractivity contribution in [3.8, 4) is 0 Å². The van der Waals surface area contributed by atoms with Crippen LogP contribution in [0.5, 0.6) is 0 Å². The third-order valence-electron chi connectivity index (χ3n) is 3.04. The van der Waals surface area contributed by atoms with Gasteiger partial charge < -0.3 is 0 Å². The molecular formula is C13H19N5. The van der Waals surface area contributed by atoms with Gasteiger partial charge in [-0.05, 0) is 19.4 Å². The van der Waals surface area contributed by atoms with Gasteiger partial charge in [0, 0.05) is 13.5 Å². The van der Waals surface area contributed by atoms with E-state index in [0.717, 1.165) is 12.2 Å². The lowest BCUT2D eigenvalue weighted by Crippen LogP contribution is -2.30. The molecule has 2 aromatic rings. The fourth-order valence-corrected chi connectivity index (χ4v) is 2.17. The smallest absolute Gasteiger partial charge is 0.138 e. The first-order valence-electron chi connectivity index (χ1n) is 5.97. The molecule has 5 nitrogen and oxygen atoms in total. The van der Waals surface area contributed by atoms with Crippen molar-refractivity contribution in [2.75, 3.05) is 0 Å². The SMILES string of the molecule is Cc1cc(C)cc(C(Cc2ncnn2C)NN)c1. The first kappa shape index (κ1) is 12.7. The molecule has 0 bridgehead atoms. The van der Waals surface area contributed by atoms with E-state index in [2.05, 4.69) is 47.6 Å². The summed E-state index contributed by atoms with van der Waals surface area (Å²) in [4.78, 5) is 4.23. The van der Waals surface area contributed by atoms with Crippen LogP contribution in [0.4, 0.5) is 0 Å². The van der Waals surface area contributed by atoms with Crippen LogP contribution in [0.2, 0.25) is 0 Å². The van der Waals surface area contributed by atoms with Crippen LogP contribution in [-0.4, -0.2) is 14.8 Å². The standard InChI is InChI=1S/C13H19N5/c1-9-4-10(2)6-11(5-9)12(17-14)7-13-15-8-16-18(13)3/h4-6,8,12,17H,7,14H2,1-3H3. The maximum Gasteiger partial charge on any atom is 0.138 e. The number of hydrogen-bond donors (Lipinski definition) is 2. The number of hydrogen-bond acceptors (Lipinski definition) is 4. The number of nitrogens with zero attached hydrogens (tertiary/aromatic N) is 3. The van der Waals surface area contributed by atoms with E-state index in [4.69, 9.17) is 5.84 Å². The predicted octanol–water partition coefficient (Wildman–Crippen LogP) is 1.18. The van der Waals surface area contributed by atoms with Gasteiger partial charge in [-0.1, -0.05) is 29.3 Å². The van der Waals surface area contributed by atoms with E-state index in [1.54, 1.807) is 11.0 Å². The summed E-state index contributed by atoms with van der Waals surface area (Å²) in [5, 5.41) is 4.07. The van der Waals surface area contributed by atoms with Gasteiger partial charge in [0.1, 0.15) is 12.2 Å². The van der Waals surface area contributed by atoms with Gasteiger partial charge in [-0.15, -0.1) is 0 Å². The van der Waals surface area contributed by atoms with Crippen molar-refractivity contribution in [2.24, 2.45) is 12.9 Å². The number of benzene rings is 1. The minimum atomic E-state index is 0.0477. The summed E-state index contributed by atoms with van der Waals surface area (Å²) < 4.78 is 1.77. The molecule has 1 atom stereocenters. The Kier molecular flexibility index (Phi) is 3.74. The highest BCUT2D eigenvalue weighted by Crippen LogP contribution is 2.19. The van der Waals surface area contributed by atoms with E-state index >= 15 is 0 Å². The highest BCUT2D eigenvalue weighted by molar-refractivity contribution is 5.31. The lowest BCUT2D eigenvalue weighted by Gasteiger charge is -2.17. The second-order valence-corrected chi connectivity index (χ2v) is 4.64. The van der Waals surface area contributed by atoms with E-state index in [1.165, 1.54) is 16.7 Å². The Morgan fingerprint density at radius 2 is 1.94 bits per heavy atom. The summed E-state index contributed by atoms with van der Waals surface area (Å²) in [5.41, 5.74) is 6.51. The van der Waals surface area contributed by atoms with E-state index in [-0.39, 0.29) is 6.04 Å². The Bertz CT molecular complexity index is 512. The van der Waals surface area contributed by atoms with Gasteiger partial charge in [0.15, 0.2) is 0 Å². The van der Waals surface area contributed by atoms with Crippen LogP contribution in [0, 0.1) is 13.8 Å². The zero-order valence-corrected chi connectivity index (χ0v) is 11.0. The molecule has 2 rings (SSSR count). The molecule has 0 spiro atoms. The second kappa shape index (κ2) is 5.29. The fourth-order valence-electron chi connectivity index (χ4n) is 2.17. The molecule has 1 unspecified atom stereocenters. The molecule has 18 heavy (non-hydrogen) atoms. The third kappa shape index (κ3) is 2.75. The minimum Gasteiger partial charge on any atom is -0.271 e. The Morgan fingerprint density at radius 3 is 2.44 bits per heavy atom. The molecule has 3 N–H and O–H groups in total. The van der Waals surface area contributed by atoms with E-state index in [1.807, 2.05) is 7.05 Å². The average molecular weight is 245 g/mol. The molecular weight excluding hydrogens is 226 g/mol. The Morgan fingerprint density at radius 1 is 1.28 bits per heavy atom. The Balaban J connectivity index is 2.25. The Labute approximate surface area is 107 Å². The normalized spacial score (nSPS) is 12.7. The molecule has 0 saturated carbocycles. The maximum atomic E-state index is 5.66. The molecule has 0 aliphatic carbocycles. The molecule has 0 radical (unpaired) electrons. The van der Waals surface area contributed by atoms with Gasteiger partial charge in [-0.25, -0.2) is 4.98 Å². The third-order valence-corrected chi connectivity index (χ3v) is 3.04. The molecule has 5 heteroatoms. The molecule has 1 aromatic heterocycles. The number of nitrogens with one attached hydrogen (secondary N) is 1. The van der Waals surface area contributed by atoms with Crippen LogP contribution in [0.15, 0.2) is 24.5 Å². The van der Waals surface area contributed by atoms with Gasteiger partial charge in [-0.3, -0.25) is 16.0 Å². The van der Waals surface area contributed by atoms with Crippen molar-refractivity contribution in [3.05, 3.63) is 47.0 Å². The van der Waals surface area contributed by atoms with Crippen LogP contribution in [0.3, 0.4) is 0 Å². The summed E-state index contributed by atoms with van der Waals surface area (Å²) in [6, 6.07) is 6.49. The van der Waals surface area contributed by atoms with Crippen molar-refractivity contribution >= 4 is 0 Å². The van der Waals surface area contributed by atoms with Crippen molar-refractivity contribution in [1.82, 2.24) is 20.2 Å². The molecule has 0 aliphatic heterocycles. The van der Waals surface area contributed by atoms with Gasteiger partial charge in [0.25, 0.3) is 0 Å². The largest absolute Gasteiger partial charge is 0.271 e. The minimum absolute atomic E-state index is 0.0477. The lowest BCUT2D eigenvalue weighted by molar-refractivity contribution is 0.523. The van der Waals surface area contributed by atoms with Gasteiger partial charge in [-0.2, -0.15) is 5.10 Å². The summed E-state index contributed by atoms with van der Waals surface area (Å²) in [6.45, 7) is 4.18. The number of aryl methyl sites for hydroxylation is 3. The summed E-state index contributed by atoms with van der Waals surface area (Å²) in [5.74, 6) is 6.58. The number of hydrazine groups is 1. The molecule has 1 heterocycles. The highest BCUT2D eigenvalue weighted by Gasteiger charge is 2.14. The number of rotatable bonds is 4. The van der Waals surface area contributed by atoms with Gasteiger partial charge in [0.2, 0.25) is 0 Å². The molecule has 0 fully saturated rings. The topological polar surface area (TPSA) is 68.8 Å². The van der Waals surface area contributed by atoms with Gasteiger partial charge in [0.05, 0.1) is 6.04 Å². The first-order valence-corrected chi connectivity index (χ1v) is 5.97. The van der Waals surface area contributed by atoms with E-state index < -0.39 is 0 Å². The fraction of sp³-hybridized carbons (Fsp3) is 0.385. The number of nitrogens with two attached hydrogens (primary N) is 1. The van der Waals surface area contributed by atoms with Gasteiger partial charge >= 0.3 is 0 Å². The predicted molar refractivity (Wildman–Crippen MR) is 70.7 cm³/mol. The molecule has 0 aliphatic rings. The average Bonchev–Trinajstić information content (AvgIpc) is 2.70. The van der Waals surface area contributed by atoms with Crippen LogP contribution >= 0.6 is 0 Å². The summed E-state index contributed by atoms with van der Waals surface area (Å²) in [6.07, 6.45) is 2.28. The zero-order valence-electron chi connectivity index (χ0n) is 11.0.